The maximum atomic E-state index is 11.1. The largest absolute Gasteiger partial charge is 0.480 e. The van der Waals surface area contributed by atoms with E-state index in [1.165, 1.54) is 12.1 Å². The summed E-state index contributed by atoms with van der Waals surface area (Å²) in [6.45, 7) is 3.24. The molecule has 0 aliphatic heterocycles. The third-order valence-corrected chi connectivity index (χ3v) is 2.64. The number of nitrogens with zero attached hydrogens (tertiary/aromatic N) is 2. The number of nitro benzene ring substituents is 2. The van der Waals surface area contributed by atoms with E-state index in [1.807, 2.05) is 0 Å². The van der Waals surface area contributed by atoms with Crippen LogP contribution in [0.1, 0.15) is 13.8 Å². The number of rotatable bonds is 6. The van der Waals surface area contributed by atoms with Gasteiger partial charge in [-0.15, -0.1) is 0 Å². The Labute approximate surface area is 113 Å². The summed E-state index contributed by atoms with van der Waals surface area (Å²) in [5.41, 5.74) is -1.62. The van der Waals surface area contributed by atoms with E-state index in [4.69, 9.17) is 5.11 Å². The summed E-state index contributed by atoms with van der Waals surface area (Å²) in [6, 6.07) is 2.40. The second-order valence-electron chi connectivity index (χ2n) is 4.39. The molecule has 108 valence electrons. The van der Waals surface area contributed by atoms with Gasteiger partial charge in [0.05, 0.1) is 9.85 Å². The lowest BCUT2D eigenvalue weighted by Gasteiger charge is -2.18. The first-order chi connectivity index (χ1) is 9.25. The van der Waals surface area contributed by atoms with Gasteiger partial charge in [-0.1, -0.05) is 19.9 Å². The molecule has 1 rings (SSSR count). The summed E-state index contributed by atoms with van der Waals surface area (Å²) in [6.07, 6.45) is 0. The first-order valence-electron chi connectivity index (χ1n) is 5.66. The van der Waals surface area contributed by atoms with Crippen LogP contribution >= 0.6 is 0 Å². The number of nitrogens with one attached hydrogen (secondary N) is 1. The fourth-order valence-corrected chi connectivity index (χ4v) is 1.67. The lowest BCUT2D eigenvalue weighted by molar-refractivity contribution is -0.421. The van der Waals surface area contributed by atoms with E-state index < -0.39 is 33.2 Å². The molecular weight excluding hydrogens is 270 g/mol. The summed E-state index contributed by atoms with van der Waals surface area (Å²) in [5, 5.41) is 33.3. The topological polar surface area (TPSA) is 136 Å². The van der Waals surface area contributed by atoms with Crippen LogP contribution in [0.25, 0.3) is 0 Å². The van der Waals surface area contributed by atoms with Gasteiger partial charge < -0.3 is 10.4 Å². The minimum Gasteiger partial charge on any atom is -0.480 e. The average molecular weight is 283 g/mol. The zero-order valence-corrected chi connectivity index (χ0v) is 10.8. The molecule has 1 atom stereocenters. The lowest BCUT2D eigenvalue weighted by atomic mass is 10.0. The molecule has 2 N–H and O–H groups in total. The number of hydrogen-bond donors (Lipinski definition) is 2. The minimum atomic E-state index is -1.19. The van der Waals surface area contributed by atoms with Gasteiger partial charge in [0.2, 0.25) is 0 Å². The van der Waals surface area contributed by atoms with E-state index in [0.29, 0.717) is 0 Å². The summed E-state index contributed by atoms with van der Waals surface area (Å²) in [7, 11) is 0. The molecule has 1 aromatic rings. The van der Waals surface area contributed by atoms with Crippen molar-refractivity contribution in [1.29, 1.82) is 0 Å². The predicted octanol–water partition coefficient (Wildman–Crippen LogP) is 2.02. The SMILES string of the molecule is CC(C)C(Nc1cccc([N+](=O)[O-])c1[N+](=O)[O-])C(=O)O. The van der Waals surface area contributed by atoms with Gasteiger partial charge in [0.1, 0.15) is 11.7 Å². The Morgan fingerprint density at radius 3 is 2.25 bits per heavy atom. The molecule has 0 heterocycles. The Morgan fingerprint density at radius 2 is 1.85 bits per heavy atom. The zero-order valence-electron chi connectivity index (χ0n) is 10.8. The molecule has 0 bridgehead atoms. The molecule has 20 heavy (non-hydrogen) atoms. The minimum absolute atomic E-state index is 0.190. The van der Waals surface area contributed by atoms with Crippen molar-refractivity contribution < 1.29 is 19.7 Å². The van der Waals surface area contributed by atoms with E-state index in [2.05, 4.69) is 5.32 Å². The molecular formula is C11H13N3O6. The molecule has 0 aliphatic carbocycles. The van der Waals surface area contributed by atoms with Crippen LogP contribution in [-0.2, 0) is 4.79 Å². The lowest BCUT2D eigenvalue weighted by Crippen LogP contribution is -2.34. The average Bonchev–Trinajstić information content (AvgIpc) is 2.34. The van der Waals surface area contributed by atoms with Crippen LogP contribution in [0.15, 0.2) is 18.2 Å². The van der Waals surface area contributed by atoms with Crippen LogP contribution in [0.3, 0.4) is 0 Å². The van der Waals surface area contributed by atoms with Crippen LogP contribution in [0, 0.1) is 26.1 Å². The fraction of sp³-hybridized carbons (Fsp3) is 0.364. The number of anilines is 1. The van der Waals surface area contributed by atoms with Gasteiger partial charge >= 0.3 is 17.3 Å². The van der Waals surface area contributed by atoms with Gasteiger partial charge in [-0.3, -0.25) is 20.2 Å². The highest BCUT2D eigenvalue weighted by Gasteiger charge is 2.31. The maximum Gasteiger partial charge on any atom is 0.368 e. The standard InChI is InChI=1S/C11H13N3O6/c1-6(2)9(11(15)16)12-7-4-3-5-8(13(17)18)10(7)14(19)20/h3-6,9,12H,1-2H3,(H,15,16). The third kappa shape index (κ3) is 3.19. The quantitative estimate of drug-likeness (QED) is 0.602. The molecule has 0 spiro atoms. The number of carboxylic acid groups (broad SMARTS) is 1. The highest BCUT2D eigenvalue weighted by Crippen LogP contribution is 2.35. The monoisotopic (exact) mass is 283 g/mol. The Balaban J connectivity index is 3.31. The summed E-state index contributed by atoms with van der Waals surface area (Å²) >= 11 is 0. The first-order valence-corrected chi connectivity index (χ1v) is 5.66. The second kappa shape index (κ2) is 5.95. The third-order valence-electron chi connectivity index (χ3n) is 2.64. The van der Waals surface area contributed by atoms with Crippen molar-refractivity contribution in [2.45, 2.75) is 19.9 Å². The highest BCUT2D eigenvalue weighted by molar-refractivity contribution is 5.81. The number of nitro groups is 2. The van der Waals surface area contributed by atoms with Crippen molar-refractivity contribution in [2.24, 2.45) is 5.92 Å². The number of carbonyl (C=O) groups is 1. The summed E-state index contributed by atoms with van der Waals surface area (Å²) in [4.78, 5) is 31.1. The van der Waals surface area contributed by atoms with Gasteiger partial charge in [-0.05, 0) is 12.0 Å². The Morgan fingerprint density at radius 1 is 1.25 bits per heavy atom. The Kier molecular flexibility index (Phi) is 4.57. The van der Waals surface area contributed by atoms with E-state index in [-0.39, 0.29) is 11.6 Å². The summed E-state index contributed by atoms with van der Waals surface area (Å²) < 4.78 is 0. The maximum absolute atomic E-state index is 11.1. The second-order valence-corrected chi connectivity index (χ2v) is 4.39. The fourth-order valence-electron chi connectivity index (χ4n) is 1.67. The number of carboxylic acids is 1. The predicted molar refractivity (Wildman–Crippen MR) is 69.6 cm³/mol. The molecule has 0 radical (unpaired) electrons. The van der Waals surface area contributed by atoms with E-state index in [1.54, 1.807) is 13.8 Å². The van der Waals surface area contributed by atoms with Gasteiger partial charge in [-0.2, -0.15) is 0 Å². The normalized spacial score (nSPS) is 11.9. The molecule has 9 nitrogen and oxygen atoms in total. The smallest absolute Gasteiger partial charge is 0.368 e. The van der Waals surface area contributed by atoms with Crippen LogP contribution in [0.5, 0.6) is 0 Å². The zero-order chi connectivity index (χ0) is 15.4. The van der Waals surface area contributed by atoms with E-state index in [0.717, 1.165) is 6.07 Å². The Hall–Kier alpha value is -2.71. The number of para-hydroxylation sites is 1. The molecule has 0 fully saturated rings. The highest BCUT2D eigenvalue weighted by atomic mass is 16.6. The van der Waals surface area contributed by atoms with Crippen molar-refractivity contribution in [3.63, 3.8) is 0 Å². The molecule has 0 aromatic heterocycles. The van der Waals surface area contributed by atoms with Crippen LogP contribution in [0.2, 0.25) is 0 Å². The number of aliphatic carboxylic acids is 1. The van der Waals surface area contributed by atoms with Crippen molar-refractivity contribution in [1.82, 2.24) is 0 Å². The van der Waals surface area contributed by atoms with Gasteiger partial charge in [-0.25, -0.2) is 4.79 Å². The molecule has 1 unspecified atom stereocenters. The Bertz CT molecular complexity index is 557. The molecule has 0 saturated carbocycles. The molecule has 1 aromatic carbocycles. The molecule has 0 aliphatic rings. The molecule has 0 saturated heterocycles. The van der Waals surface area contributed by atoms with Crippen molar-refractivity contribution in [3.8, 4) is 0 Å². The van der Waals surface area contributed by atoms with Crippen LogP contribution < -0.4 is 5.32 Å². The van der Waals surface area contributed by atoms with Gasteiger partial charge in [0, 0.05) is 6.07 Å². The molecule has 9 heteroatoms. The van der Waals surface area contributed by atoms with Gasteiger partial charge in [0.15, 0.2) is 0 Å². The summed E-state index contributed by atoms with van der Waals surface area (Å²) in [5.74, 6) is -1.55. The van der Waals surface area contributed by atoms with Crippen molar-refractivity contribution in [2.75, 3.05) is 5.32 Å². The van der Waals surface area contributed by atoms with E-state index >= 15 is 0 Å². The first kappa shape index (κ1) is 15.3. The molecule has 0 amide bonds. The van der Waals surface area contributed by atoms with E-state index in [9.17, 15) is 25.0 Å². The van der Waals surface area contributed by atoms with Gasteiger partial charge in [0.25, 0.3) is 0 Å². The van der Waals surface area contributed by atoms with Crippen molar-refractivity contribution in [3.05, 3.63) is 38.4 Å². The van der Waals surface area contributed by atoms with Crippen LogP contribution in [0.4, 0.5) is 17.1 Å². The van der Waals surface area contributed by atoms with Crippen LogP contribution in [-0.4, -0.2) is 27.0 Å². The van der Waals surface area contributed by atoms with Crippen molar-refractivity contribution >= 4 is 23.0 Å². The number of benzene rings is 1. The number of hydrogen-bond acceptors (Lipinski definition) is 6.